The molecule has 0 radical (unpaired) electrons. The third-order valence-electron chi connectivity index (χ3n) is 8.44. The molecule has 3 aliphatic heterocycles. The van der Waals surface area contributed by atoms with Gasteiger partial charge >= 0.3 is 0 Å². The number of nitrogens with two attached hydrogens (primary N) is 5. The second-order valence-electron chi connectivity index (χ2n) is 11.2. The molecule has 20 atom stereocenters. The quantitative estimate of drug-likeness (QED) is 0.112. The molecule has 0 aromatic carbocycles. The van der Waals surface area contributed by atoms with Crippen LogP contribution in [0.3, 0.4) is 0 Å². The van der Waals surface area contributed by atoms with Crippen molar-refractivity contribution in [2.24, 2.45) is 28.7 Å². The summed E-state index contributed by atoms with van der Waals surface area (Å²) < 4.78 is 34.1. The molecule has 43 heavy (non-hydrogen) atoms. The van der Waals surface area contributed by atoms with Crippen LogP contribution in [0.15, 0.2) is 0 Å². The van der Waals surface area contributed by atoms with Gasteiger partial charge < -0.3 is 103 Å². The molecule has 3 heterocycles. The van der Waals surface area contributed by atoms with Crippen LogP contribution in [-0.2, 0) is 28.4 Å². The molecule has 0 bridgehead atoms. The largest absolute Gasteiger partial charge is 0.394 e. The zero-order valence-corrected chi connectivity index (χ0v) is 23.0. The highest BCUT2D eigenvalue weighted by Gasteiger charge is 2.56. The molecule has 3 saturated heterocycles. The smallest absolute Gasteiger partial charge is 0.187 e. The Morgan fingerprint density at radius 3 is 1.33 bits per heavy atom. The summed E-state index contributed by atoms with van der Waals surface area (Å²) in [5, 5.41) is 93.7. The maximum Gasteiger partial charge on any atom is 0.187 e. The first-order valence-corrected chi connectivity index (χ1v) is 13.9. The van der Waals surface area contributed by atoms with Crippen molar-refractivity contribution in [3.05, 3.63) is 0 Å². The zero-order chi connectivity index (χ0) is 31.9. The van der Waals surface area contributed by atoms with E-state index in [1.165, 1.54) is 0 Å². The van der Waals surface area contributed by atoms with Crippen LogP contribution in [0.4, 0.5) is 0 Å². The van der Waals surface area contributed by atoms with Crippen molar-refractivity contribution >= 4 is 0 Å². The van der Waals surface area contributed by atoms with Gasteiger partial charge in [0.2, 0.25) is 0 Å². The average Bonchev–Trinajstić information content (AvgIpc) is 3.29. The van der Waals surface area contributed by atoms with Crippen LogP contribution in [0, 0.1) is 0 Å². The van der Waals surface area contributed by atoms with Crippen molar-refractivity contribution in [1.29, 1.82) is 0 Å². The summed E-state index contributed by atoms with van der Waals surface area (Å²) in [5.74, 6) is 0. The Hall–Kier alpha value is -0.800. The molecule has 0 amide bonds. The number of ether oxygens (including phenoxy) is 6. The van der Waals surface area contributed by atoms with E-state index < -0.39 is 129 Å². The predicted molar refractivity (Wildman–Crippen MR) is 138 cm³/mol. The summed E-state index contributed by atoms with van der Waals surface area (Å²) in [6.45, 7) is -1.14. The van der Waals surface area contributed by atoms with Crippen LogP contribution in [0.5, 0.6) is 0 Å². The lowest BCUT2D eigenvalue weighted by molar-refractivity contribution is -0.319. The van der Waals surface area contributed by atoms with E-state index in [0.717, 1.165) is 0 Å². The molecule has 0 aromatic heterocycles. The SMILES string of the molecule is NCC1OC(OC2C(CO)OC(OC3C(O)C(O)C(O)C(N)C3OC3OC(CN)C(O)C(O)C3N)C2O)C(N)C(O)C1O. The lowest BCUT2D eigenvalue weighted by Crippen LogP contribution is -2.71. The minimum atomic E-state index is -1.89. The molecule has 20 heteroatoms. The van der Waals surface area contributed by atoms with Gasteiger partial charge in [-0.05, 0) is 0 Å². The number of aliphatic hydroxyl groups excluding tert-OH is 9. The third kappa shape index (κ3) is 6.70. The van der Waals surface area contributed by atoms with Gasteiger partial charge in [0.1, 0.15) is 85.5 Å². The summed E-state index contributed by atoms with van der Waals surface area (Å²) in [6.07, 6.45) is -25.6. The van der Waals surface area contributed by atoms with E-state index in [2.05, 4.69) is 0 Å². The van der Waals surface area contributed by atoms with E-state index >= 15 is 0 Å². The number of aliphatic hydroxyl groups is 9. The van der Waals surface area contributed by atoms with Gasteiger partial charge in [0.05, 0.1) is 24.7 Å². The lowest BCUT2D eigenvalue weighted by atomic mass is 9.83. The normalized spacial score (nSPS) is 54.6. The van der Waals surface area contributed by atoms with Gasteiger partial charge in [0.25, 0.3) is 0 Å². The van der Waals surface area contributed by atoms with Gasteiger partial charge in [0.15, 0.2) is 18.9 Å². The average molecular weight is 632 g/mol. The number of hydrogen-bond donors (Lipinski definition) is 14. The van der Waals surface area contributed by atoms with Crippen molar-refractivity contribution < 1.29 is 74.4 Å². The molecule has 4 rings (SSSR count). The fourth-order valence-corrected chi connectivity index (χ4v) is 5.69. The third-order valence-corrected chi connectivity index (χ3v) is 8.44. The van der Waals surface area contributed by atoms with Gasteiger partial charge in [-0.1, -0.05) is 0 Å². The van der Waals surface area contributed by atoms with Gasteiger partial charge in [0, 0.05) is 13.1 Å². The van der Waals surface area contributed by atoms with E-state index in [0.29, 0.717) is 0 Å². The second-order valence-corrected chi connectivity index (χ2v) is 11.2. The molecule has 19 N–H and O–H groups in total. The van der Waals surface area contributed by atoms with Crippen LogP contribution in [0.2, 0.25) is 0 Å². The van der Waals surface area contributed by atoms with E-state index in [1.807, 2.05) is 0 Å². The molecule has 0 aromatic rings. The Kier molecular flexibility index (Phi) is 11.7. The lowest BCUT2D eigenvalue weighted by Gasteiger charge is -2.48. The summed E-state index contributed by atoms with van der Waals surface area (Å²) in [7, 11) is 0. The number of hydrogen-bond acceptors (Lipinski definition) is 20. The van der Waals surface area contributed by atoms with E-state index in [-0.39, 0.29) is 13.1 Å². The van der Waals surface area contributed by atoms with Gasteiger partial charge in [-0.15, -0.1) is 0 Å². The standard InChI is InChI=1S/C23H45N5O15/c24-1-4-10(30)13(33)8(27)21(38-4)41-18-6(3-29)40-23(17(18)37)43-20-16(36)15(35)12(32)7(26)19(20)42-22-9(28)14(34)11(31)5(2-25)39-22/h4-23,29-37H,1-3,24-28H2. The Bertz CT molecular complexity index is 898. The molecule has 252 valence electrons. The monoisotopic (exact) mass is 631 g/mol. The first-order chi connectivity index (χ1) is 20.3. The summed E-state index contributed by atoms with van der Waals surface area (Å²) in [5.41, 5.74) is 29.2. The second kappa shape index (κ2) is 14.3. The molecule has 4 fully saturated rings. The molecule has 20 nitrogen and oxygen atoms in total. The Balaban J connectivity index is 1.52. The summed E-state index contributed by atoms with van der Waals surface area (Å²) >= 11 is 0. The highest BCUT2D eigenvalue weighted by Crippen LogP contribution is 2.34. The van der Waals surface area contributed by atoms with E-state index in [9.17, 15) is 46.0 Å². The van der Waals surface area contributed by atoms with E-state index in [4.69, 9.17) is 57.1 Å². The summed E-state index contributed by atoms with van der Waals surface area (Å²) in [6, 6.07) is -4.08. The van der Waals surface area contributed by atoms with Crippen molar-refractivity contribution in [3.8, 4) is 0 Å². The first kappa shape index (κ1) is 35.1. The minimum absolute atomic E-state index is 0.199. The zero-order valence-electron chi connectivity index (χ0n) is 23.0. The fraction of sp³-hybridized carbons (Fsp3) is 1.00. The molecule has 1 aliphatic carbocycles. The van der Waals surface area contributed by atoms with Crippen LogP contribution in [-0.4, -0.2) is 188 Å². The molecule has 4 aliphatic rings. The Labute approximate surface area is 245 Å². The molecule has 0 spiro atoms. The van der Waals surface area contributed by atoms with Crippen LogP contribution in [0.1, 0.15) is 0 Å². The fourth-order valence-electron chi connectivity index (χ4n) is 5.69. The maximum absolute atomic E-state index is 11.1. The highest BCUT2D eigenvalue weighted by molar-refractivity contribution is 5.04. The van der Waals surface area contributed by atoms with Crippen LogP contribution in [0.25, 0.3) is 0 Å². The molecular formula is C23H45N5O15. The van der Waals surface area contributed by atoms with Gasteiger partial charge in [-0.25, -0.2) is 0 Å². The van der Waals surface area contributed by atoms with Crippen molar-refractivity contribution in [1.82, 2.24) is 0 Å². The topological polar surface area (TPSA) is 368 Å². The molecule has 1 saturated carbocycles. The van der Waals surface area contributed by atoms with Crippen LogP contribution >= 0.6 is 0 Å². The number of rotatable bonds is 9. The van der Waals surface area contributed by atoms with Crippen LogP contribution < -0.4 is 28.7 Å². The maximum atomic E-state index is 11.1. The Morgan fingerprint density at radius 1 is 0.442 bits per heavy atom. The summed E-state index contributed by atoms with van der Waals surface area (Å²) in [4.78, 5) is 0. The Morgan fingerprint density at radius 2 is 0.860 bits per heavy atom. The minimum Gasteiger partial charge on any atom is -0.394 e. The van der Waals surface area contributed by atoms with E-state index in [1.54, 1.807) is 0 Å². The van der Waals surface area contributed by atoms with Gasteiger partial charge in [-0.2, -0.15) is 0 Å². The van der Waals surface area contributed by atoms with Gasteiger partial charge in [-0.3, -0.25) is 0 Å². The predicted octanol–water partition coefficient (Wildman–Crippen LogP) is -9.89. The molecule has 20 unspecified atom stereocenters. The first-order valence-electron chi connectivity index (χ1n) is 13.9. The highest BCUT2D eigenvalue weighted by atomic mass is 16.8. The van der Waals surface area contributed by atoms with Crippen molar-refractivity contribution in [3.63, 3.8) is 0 Å². The molecular weight excluding hydrogens is 586 g/mol. The van der Waals surface area contributed by atoms with Crippen molar-refractivity contribution in [2.45, 2.75) is 122 Å². The van der Waals surface area contributed by atoms with Crippen molar-refractivity contribution in [2.75, 3.05) is 19.7 Å².